The van der Waals surface area contributed by atoms with Crippen LogP contribution in [0.25, 0.3) is 0 Å². The van der Waals surface area contributed by atoms with Gasteiger partial charge < -0.3 is 10.1 Å². The van der Waals surface area contributed by atoms with Crippen LogP contribution < -0.4 is 10.1 Å². The Balaban J connectivity index is 2.02. The molecule has 0 spiro atoms. The molecule has 122 valence electrons. The first-order chi connectivity index (χ1) is 10.9. The van der Waals surface area contributed by atoms with Crippen molar-refractivity contribution in [2.75, 3.05) is 5.32 Å². The Labute approximate surface area is 142 Å². The van der Waals surface area contributed by atoms with E-state index in [9.17, 15) is 4.79 Å². The van der Waals surface area contributed by atoms with Crippen LogP contribution in [0.3, 0.4) is 0 Å². The van der Waals surface area contributed by atoms with Gasteiger partial charge in [-0.25, -0.2) is 0 Å². The lowest BCUT2D eigenvalue weighted by Crippen LogP contribution is -2.30. The second-order valence-electron chi connectivity index (χ2n) is 5.67. The summed E-state index contributed by atoms with van der Waals surface area (Å²) in [6.45, 7) is 7.67. The van der Waals surface area contributed by atoms with E-state index in [-0.39, 0.29) is 5.91 Å². The fourth-order valence-corrected chi connectivity index (χ4v) is 2.41. The summed E-state index contributed by atoms with van der Waals surface area (Å²) in [6, 6.07) is 11.5. The maximum atomic E-state index is 12.2. The summed E-state index contributed by atoms with van der Waals surface area (Å²) in [5, 5.41) is 3.59. The number of anilines is 1. The van der Waals surface area contributed by atoms with Crippen molar-refractivity contribution in [3.63, 3.8) is 0 Å². The first-order valence-electron chi connectivity index (χ1n) is 7.74. The number of rotatable bonds is 5. The molecule has 0 bridgehead atoms. The predicted octanol–water partition coefficient (Wildman–Crippen LogP) is 4.93. The summed E-state index contributed by atoms with van der Waals surface area (Å²) in [7, 11) is 0. The highest BCUT2D eigenvalue weighted by atomic mass is 35.5. The van der Waals surface area contributed by atoms with Crippen LogP contribution in [0.1, 0.15) is 30.5 Å². The van der Waals surface area contributed by atoms with Gasteiger partial charge in [0, 0.05) is 10.7 Å². The van der Waals surface area contributed by atoms with E-state index >= 15 is 0 Å². The van der Waals surface area contributed by atoms with E-state index in [4.69, 9.17) is 16.3 Å². The number of hydrogen-bond acceptors (Lipinski definition) is 2. The fraction of sp³-hybridized carbons (Fsp3) is 0.316. The van der Waals surface area contributed by atoms with E-state index in [1.54, 1.807) is 6.92 Å². The molecule has 3 nitrogen and oxygen atoms in total. The van der Waals surface area contributed by atoms with E-state index in [0.29, 0.717) is 5.75 Å². The number of carbonyl (C=O) groups excluding carboxylic acids is 1. The Morgan fingerprint density at radius 1 is 1.17 bits per heavy atom. The van der Waals surface area contributed by atoms with Gasteiger partial charge in [0.2, 0.25) is 0 Å². The minimum absolute atomic E-state index is 0.181. The van der Waals surface area contributed by atoms with E-state index in [2.05, 4.69) is 12.2 Å². The zero-order chi connectivity index (χ0) is 17.0. The molecule has 2 rings (SSSR count). The molecule has 23 heavy (non-hydrogen) atoms. The predicted molar refractivity (Wildman–Crippen MR) is 95.5 cm³/mol. The number of halogens is 1. The second kappa shape index (κ2) is 7.51. The van der Waals surface area contributed by atoms with E-state index in [1.807, 2.05) is 50.2 Å². The molecule has 2 aromatic rings. The van der Waals surface area contributed by atoms with Crippen LogP contribution in [0.4, 0.5) is 5.69 Å². The van der Waals surface area contributed by atoms with Gasteiger partial charge in [-0.15, -0.1) is 0 Å². The molecular weight excluding hydrogens is 310 g/mol. The van der Waals surface area contributed by atoms with Crippen LogP contribution in [-0.4, -0.2) is 12.0 Å². The SMILES string of the molecule is CCc1ccc(NC(=O)[C@H](C)Oc2cc(C)c(Cl)c(C)c2)cc1. The molecule has 1 amide bonds. The molecule has 0 saturated heterocycles. The van der Waals surface area contributed by atoms with Crippen LogP contribution in [0.2, 0.25) is 5.02 Å². The zero-order valence-electron chi connectivity index (χ0n) is 13.9. The highest BCUT2D eigenvalue weighted by Crippen LogP contribution is 2.26. The monoisotopic (exact) mass is 331 g/mol. The third kappa shape index (κ3) is 4.49. The van der Waals surface area contributed by atoms with Crippen molar-refractivity contribution in [1.29, 1.82) is 0 Å². The summed E-state index contributed by atoms with van der Waals surface area (Å²) in [5.74, 6) is 0.466. The van der Waals surface area contributed by atoms with Crippen molar-refractivity contribution < 1.29 is 9.53 Å². The number of benzene rings is 2. The van der Waals surface area contributed by atoms with E-state index in [1.165, 1.54) is 5.56 Å². The molecule has 2 aromatic carbocycles. The molecule has 0 aliphatic rings. The fourth-order valence-electron chi connectivity index (χ4n) is 2.30. The summed E-state index contributed by atoms with van der Waals surface area (Å²) in [6.07, 6.45) is 0.379. The van der Waals surface area contributed by atoms with Gasteiger partial charge in [0.25, 0.3) is 5.91 Å². The third-order valence-electron chi connectivity index (χ3n) is 3.72. The first kappa shape index (κ1) is 17.4. The second-order valence-corrected chi connectivity index (χ2v) is 6.05. The molecule has 0 radical (unpaired) electrons. The Hall–Kier alpha value is -2.00. The molecule has 1 atom stereocenters. The molecular formula is C19H22ClNO2. The van der Waals surface area contributed by atoms with Crippen molar-refractivity contribution in [1.82, 2.24) is 0 Å². The Morgan fingerprint density at radius 2 is 1.74 bits per heavy atom. The molecule has 0 aromatic heterocycles. The largest absolute Gasteiger partial charge is 0.481 e. The highest BCUT2D eigenvalue weighted by molar-refractivity contribution is 6.32. The maximum absolute atomic E-state index is 12.2. The minimum Gasteiger partial charge on any atom is -0.481 e. The van der Waals surface area contributed by atoms with E-state index in [0.717, 1.165) is 28.3 Å². The van der Waals surface area contributed by atoms with Crippen molar-refractivity contribution >= 4 is 23.2 Å². The Morgan fingerprint density at radius 3 is 2.26 bits per heavy atom. The standard InChI is InChI=1S/C19H22ClNO2/c1-5-15-6-8-16(9-7-15)21-19(22)14(4)23-17-10-12(2)18(20)13(3)11-17/h6-11,14H,5H2,1-4H3,(H,21,22)/t14-/m0/s1. The summed E-state index contributed by atoms with van der Waals surface area (Å²) >= 11 is 6.15. The molecule has 0 saturated carbocycles. The van der Waals surface area contributed by atoms with Gasteiger partial charge in [-0.2, -0.15) is 0 Å². The van der Waals surface area contributed by atoms with E-state index < -0.39 is 6.10 Å². The highest BCUT2D eigenvalue weighted by Gasteiger charge is 2.16. The average Bonchev–Trinajstić information content (AvgIpc) is 2.53. The number of ether oxygens (including phenoxy) is 1. The number of aryl methyl sites for hydroxylation is 3. The van der Waals surface area contributed by atoms with Crippen LogP contribution in [0, 0.1) is 13.8 Å². The summed E-state index contributed by atoms with van der Waals surface area (Å²) in [5.41, 5.74) is 3.87. The van der Waals surface area contributed by atoms with Gasteiger partial charge in [0.15, 0.2) is 6.10 Å². The lowest BCUT2D eigenvalue weighted by Gasteiger charge is -2.16. The first-order valence-corrected chi connectivity index (χ1v) is 8.11. The smallest absolute Gasteiger partial charge is 0.265 e. The molecule has 0 heterocycles. The lowest BCUT2D eigenvalue weighted by molar-refractivity contribution is -0.122. The van der Waals surface area contributed by atoms with Gasteiger partial charge in [0.05, 0.1) is 0 Å². The molecule has 0 fully saturated rings. The number of amides is 1. The Kier molecular flexibility index (Phi) is 5.67. The lowest BCUT2D eigenvalue weighted by atomic mass is 10.1. The van der Waals surface area contributed by atoms with Gasteiger partial charge in [-0.05, 0) is 68.1 Å². The molecule has 1 N–H and O–H groups in total. The van der Waals surface area contributed by atoms with Gasteiger partial charge in [0.1, 0.15) is 5.75 Å². The summed E-state index contributed by atoms with van der Waals surface area (Å²) in [4.78, 5) is 12.2. The molecule has 0 unspecified atom stereocenters. The van der Waals surface area contributed by atoms with Crippen molar-refractivity contribution in [2.24, 2.45) is 0 Å². The van der Waals surface area contributed by atoms with Gasteiger partial charge in [-0.1, -0.05) is 30.7 Å². The number of nitrogens with one attached hydrogen (secondary N) is 1. The van der Waals surface area contributed by atoms with Crippen LogP contribution in [-0.2, 0) is 11.2 Å². The quantitative estimate of drug-likeness (QED) is 0.844. The summed E-state index contributed by atoms with van der Waals surface area (Å²) < 4.78 is 5.74. The van der Waals surface area contributed by atoms with Crippen molar-refractivity contribution in [3.05, 3.63) is 58.1 Å². The molecule has 4 heteroatoms. The van der Waals surface area contributed by atoms with Gasteiger partial charge >= 0.3 is 0 Å². The normalized spacial score (nSPS) is 11.9. The van der Waals surface area contributed by atoms with Crippen LogP contribution >= 0.6 is 11.6 Å². The molecule has 0 aliphatic carbocycles. The number of carbonyl (C=O) groups is 1. The van der Waals surface area contributed by atoms with Crippen LogP contribution in [0.5, 0.6) is 5.75 Å². The third-order valence-corrected chi connectivity index (χ3v) is 4.32. The minimum atomic E-state index is -0.596. The average molecular weight is 332 g/mol. The maximum Gasteiger partial charge on any atom is 0.265 e. The number of hydrogen-bond donors (Lipinski definition) is 1. The van der Waals surface area contributed by atoms with Crippen molar-refractivity contribution in [3.8, 4) is 5.75 Å². The van der Waals surface area contributed by atoms with Crippen molar-refractivity contribution in [2.45, 2.75) is 40.2 Å². The van der Waals surface area contributed by atoms with Crippen LogP contribution in [0.15, 0.2) is 36.4 Å². The topological polar surface area (TPSA) is 38.3 Å². The van der Waals surface area contributed by atoms with Gasteiger partial charge in [-0.3, -0.25) is 4.79 Å². The zero-order valence-corrected chi connectivity index (χ0v) is 14.7. The Bertz CT molecular complexity index is 672. The molecule has 0 aliphatic heterocycles.